The van der Waals surface area contributed by atoms with Crippen molar-refractivity contribution in [3.8, 4) is 0 Å². The number of aromatic amines is 2. The highest BCUT2D eigenvalue weighted by Crippen LogP contribution is 2.17. The van der Waals surface area contributed by atoms with Crippen molar-refractivity contribution in [3.63, 3.8) is 0 Å². The average molecular weight is 220 g/mol. The topological polar surface area (TPSA) is 65.7 Å². The molecule has 1 aromatic rings. The van der Waals surface area contributed by atoms with Crippen LogP contribution in [0.15, 0.2) is 34.0 Å². The van der Waals surface area contributed by atoms with Gasteiger partial charge in [-0.3, -0.25) is 9.78 Å². The minimum absolute atomic E-state index is 0.406. The third kappa shape index (κ3) is 1.87. The van der Waals surface area contributed by atoms with Crippen molar-refractivity contribution in [2.75, 3.05) is 0 Å². The summed E-state index contributed by atoms with van der Waals surface area (Å²) in [5.74, 6) is 0. The Morgan fingerprint density at radius 1 is 1.33 bits per heavy atom. The van der Waals surface area contributed by atoms with Gasteiger partial charge in [-0.1, -0.05) is 30.4 Å². The lowest BCUT2D eigenvalue weighted by Crippen LogP contribution is -2.25. The van der Waals surface area contributed by atoms with Crippen LogP contribution in [0.4, 0.5) is 0 Å². The van der Waals surface area contributed by atoms with E-state index in [2.05, 4.69) is 9.97 Å². The maximum Gasteiger partial charge on any atom is 0.325 e. The Morgan fingerprint density at radius 3 is 2.80 bits per heavy atom. The minimum Gasteiger partial charge on any atom is -0.313 e. The number of H-pyrrole nitrogens is 2. The van der Waals surface area contributed by atoms with Crippen molar-refractivity contribution in [2.45, 2.75) is 6.42 Å². The van der Waals surface area contributed by atoms with Crippen LogP contribution in [-0.4, -0.2) is 14.8 Å². The predicted molar refractivity (Wildman–Crippen MR) is 62.0 cm³/mol. The van der Waals surface area contributed by atoms with Crippen LogP contribution in [0, 0.1) is 0 Å². The molecule has 15 heavy (non-hydrogen) atoms. The molecule has 0 atom stereocenters. The molecular weight excluding hydrogens is 212 g/mol. The van der Waals surface area contributed by atoms with Crippen LogP contribution in [0.5, 0.6) is 0 Å². The Labute approximate surface area is 90.4 Å². The SMILES string of the molecule is O=c1[nH]cc(C2=CC=CCC2=S)c(=O)[nH]1. The molecular formula is C10H8N2O2S. The van der Waals surface area contributed by atoms with Crippen molar-refractivity contribution in [1.29, 1.82) is 0 Å². The number of nitrogens with one attached hydrogen (secondary N) is 2. The van der Waals surface area contributed by atoms with Gasteiger partial charge in [0.1, 0.15) is 0 Å². The fourth-order valence-electron chi connectivity index (χ4n) is 1.39. The van der Waals surface area contributed by atoms with Gasteiger partial charge < -0.3 is 4.98 Å². The van der Waals surface area contributed by atoms with Gasteiger partial charge in [-0.05, 0) is 0 Å². The molecule has 0 fully saturated rings. The third-order valence-electron chi connectivity index (χ3n) is 2.11. The molecule has 0 amide bonds. The van der Waals surface area contributed by atoms with Crippen LogP contribution in [0.25, 0.3) is 5.57 Å². The summed E-state index contributed by atoms with van der Waals surface area (Å²) in [5.41, 5.74) is 0.179. The molecule has 0 radical (unpaired) electrons. The van der Waals surface area contributed by atoms with Gasteiger partial charge in [0, 0.05) is 23.1 Å². The summed E-state index contributed by atoms with van der Waals surface area (Å²) in [5, 5.41) is 0. The highest BCUT2D eigenvalue weighted by Gasteiger charge is 2.12. The summed E-state index contributed by atoms with van der Waals surface area (Å²) >= 11 is 5.14. The number of thiocarbonyl (C=S) groups is 1. The monoisotopic (exact) mass is 220 g/mol. The van der Waals surface area contributed by atoms with Crippen molar-refractivity contribution < 1.29 is 0 Å². The minimum atomic E-state index is -0.512. The molecule has 0 spiro atoms. The zero-order valence-electron chi connectivity index (χ0n) is 7.74. The summed E-state index contributed by atoms with van der Waals surface area (Å²) in [6.07, 6.45) is 7.58. The highest BCUT2D eigenvalue weighted by atomic mass is 32.1. The number of hydrogen-bond acceptors (Lipinski definition) is 3. The molecule has 1 aliphatic rings. The van der Waals surface area contributed by atoms with Gasteiger partial charge in [0.15, 0.2) is 0 Å². The summed E-state index contributed by atoms with van der Waals surface area (Å²) in [7, 11) is 0. The van der Waals surface area contributed by atoms with Crippen LogP contribution >= 0.6 is 12.2 Å². The van der Waals surface area contributed by atoms with E-state index in [0.29, 0.717) is 22.4 Å². The van der Waals surface area contributed by atoms with Gasteiger partial charge in [0.25, 0.3) is 5.56 Å². The smallest absolute Gasteiger partial charge is 0.313 e. The lowest BCUT2D eigenvalue weighted by Gasteiger charge is -2.08. The molecule has 1 aliphatic carbocycles. The van der Waals surface area contributed by atoms with E-state index >= 15 is 0 Å². The van der Waals surface area contributed by atoms with Gasteiger partial charge in [-0.25, -0.2) is 4.79 Å². The number of allylic oxidation sites excluding steroid dienone is 4. The lowest BCUT2D eigenvalue weighted by atomic mass is 9.99. The maximum absolute atomic E-state index is 11.5. The zero-order chi connectivity index (χ0) is 10.8. The summed E-state index contributed by atoms with van der Waals surface area (Å²) in [6.45, 7) is 0. The van der Waals surface area contributed by atoms with E-state index in [0.717, 1.165) is 0 Å². The Balaban J connectivity index is 2.59. The first-order valence-electron chi connectivity index (χ1n) is 4.41. The molecule has 2 rings (SSSR count). The van der Waals surface area contributed by atoms with Crippen molar-refractivity contribution in [2.24, 2.45) is 0 Å². The second kappa shape index (κ2) is 3.78. The number of hydrogen-bond donors (Lipinski definition) is 2. The first kappa shape index (κ1) is 9.79. The Bertz CT molecular complexity index is 578. The molecule has 0 aromatic carbocycles. The second-order valence-electron chi connectivity index (χ2n) is 3.12. The van der Waals surface area contributed by atoms with Crippen LogP contribution in [0.3, 0.4) is 0 Å². The van der Waals surface area contributed by atoms with Crippen molar-refractivity contribution in [1.82, 2.24) is 9.97 Å². The van der Waals surface area contributed by atoms with Crippen LogP contribution in [-0.2, 0) is 0 Å². The lowest BCUT2D eigenvalue weighted by molar-refractivity contribution is 1.03. The zero-order valence-corrected chi connectivity index (χ0v) is 8.56. The van der Waals surface area contributed by atoms with E-state index in [4.69, 9.17) is 12.2 Å². The molecule has 5 heteroatoms. The molecule has 76 valence electrons. The second-order valence-corrected chi connectivity index (χ2v) is 3.61. The van der Waals surface area contributed by atoms with Gasteiger partial charge in [0.2, 0.25) is 0 Å². The molecule has 4 nitrogen and oxygen atoms in total. The van der Waals surface area contributed by atoms with Crippen molar-refractivity contribution >= 4 is 22.7 Å². The summed E-state index contributed by atoms with van der Waals surface area (Å²) < 4.78 is 0. The molecule has 0 aliphatic heterocycles. The predicted octanol–water partition coefficient (Wildman–Crippen LogP) is 0.776. The first-order chi connectivity index (χ1) is 7.18. The van der Waals surface area contributed by atoms with Gasteiger partial charge >= 0.3 is 5.69 Å². The van der Waals surface area contributed by atoms with Crippen molar-refractivity contribution in [3.05, 3.63) is 50.8 Å². The first-order valence-corrected chi connectivity index (χ1v) is 4.82. The number of aromatic nitrogens is 2. The van der Waals surface area contributed by atoms with E-state index in [1.807, 2.05) is 12.2 Å². The largest absolute Gasteiger partial charge is 0.325 e. The molecule has 2 N–H and O–H groups in total. The molecule has 0 saturated heterocycles. The van der Waals surface area contributed by atoms with E-state index in [1.54, 1.807) is 6.08 Å². The van der Waals surface area contributed by atoms with E-state index < -0.39 is 11.2 Å². The van der Waals surface area contributed by atoms with Gasteiger partial charge in [-0.15, -0.1) is 0 Å². The Morgan fingerprint density at radius 2 is 2.13 bits per heavy atom. The summed E-state index contributed by atoms with van der Waals surface area (Å²) in [4.78, 5) is 27.6. The highest BCUT2D eigenvalue weighted by molar-refractivity contribution is 7.81. The van der Waals surface area contributed by atoms with Gasteiger partial charge in [0.05, 0.1) is 5.56 Å². The molecule has 1 heterocycles. The molecule has 1 aromatic heterocycles. The van der Waals surface area contributed by atoms with Crippen LogP contribution in [0.1, 0.15) is 12.0 Å². The van der Waals surface area contributed by atoms with E-state index in [-0.39, 0.29) is 0 Å². The molecule has 0 saturated carbocycles. The number of rotatable bonds is 1. The fraction of sp³-hybridized carbons (Fsp3) is 0.100. The Hall–Kier alpha value is -1.75. The third-order valence-corrected chi connectivity index (χ3v) is 2.50. The normalized spacial score (nSPS) is 15.2. The molecule has 0 bridgehead atoms. The molecule has 0 unspecified atom stereocenters. The Kier molecular flexibility index (Phi) is 2.47. The van der Waals surface area contributed by atoms with Crippen LogP contribution < -0.4 is 11.2 Å². The van der Waals surface area contributed by atoms with E-state index in [9.17, 15) is 9.59 Å². The van der Waals surface area contributed by atoms with E-state index in [1.165, 1.54) is 6.20 Å². The maximum atomic E-state index is 11.5. The average Bonchev–Trinajstić information content (AvgIpc) is 2.20. The quantitative estimate of drug-likeness (QED) is 0.687. The fourth-order valence-corrected chi connectivity index (χ4v) is 1.67. The van der Waals surface area contributed by atoms with Gasteiger partial charge in [-0.2, -0.15) is 0 Å². The standard InChI is InChI=1S/C10H8N2O2S/c13-9-7(5-11-10(14)12-9)6-3-1-2-4-8(6)15/h1-3,5H,4H2,(H2,11,12,13,14). The van der Waals surface area contributed by atoms with Crippen LogP contribution in [0.2, 0.25) is 0 Å². The summed E-state index contributed by atoms with van der Waals surface area (Å²) in [6, 6.07) is 0.